The molecular formula is C16H21FN2O3. The van der Waals surface area contributed by atoms with E-state index in [9.17, 15) is 14.0 Å². The molecular weight excluding hydrogens is 287 g/mol. The van der Waals surface area contributed by atoms with Gasteiger partial charge in [0.1, 0.15) is 5.82 Å². The first kappa shape index (κ1) is 16.4. The number of rotatable bonds is 5. The molecule has 22 heavy (non-hydrogen) atoms. The summed E-state index contributed by atoms with van der Waals surface area (Å²) in [6.45, 7) is 3.19. The summed E-state index contributed by atoms with van der Waals surface area (Å²) in [6.07, 6.45) is 0.414. The number of primary amides is 1. The zero-order valence-corrected chi connectivity index (χ0v) is 12.6. The van der Waals surface area contributed by atoms with Crippen molar-refractivity contribution in [2.24, 2.45) is 5.73 Å². The third-order valence-corrected chi connectivity index (χ3v) is 3.90. The molecule has 6 heteroatoms. The van der Waals surface area contributed by atoms with Crippen molar-refractivity contribution in [2.45, 2.75) is 31.7 Å². The monoisotopic (exact) mass is 308 g/mol. The van der Waals surface area contributed by atoms with Gasteiger partial charge in [-0.25, -0.2) is 4.39 Å². The lowest BCUT2D eigenvalue weighted by atomic mass is 9.96. The highest BCUT2D eigenvalue weighted by molar-refractivity contribution is 5.79. The van der Waals surface area contributed by atoms with Crippen molar-refractivity contribution in [3.8, 4) is 0 Å². The van der Waals surface area contributed by atoms with Crippen LogP contribution in [0, 0.1) is 5.82 Å². The van der Waals surface area contributed by atoms with E-state index in [1.807, 2.05) is 6.92 Å². The van der Waals surface area contributed by atoms with Crippen LogP contribution in [0.25, 0.3) is 0 Å². The molecule has 1 aliphatic heterocycles. The Balaban J connectivity index is 1.99. The van der Waals surface area contributed by atoms with Gasteiger partial charge in [-0.2, -0.15) is 0 Å². The van der Waals surface area contributed by atoms with Crippen LogP contribution in [0.15, 0.2) is 24.3 Å². The van der Waals surface area contributed by atoms with E-state index in [4.69, 9.17) is 10.5 Å². The zero-order valence-electron chi connectivity index (χ0n) is 12.6. The Bertz CT molecular complexity index is 533. The second kappa shape index (κ2) is 7.35. The second-order valence-corrected chi connectivity index (χ2v) is 5.64. The summed E-state index contributed by atoms with van der Waals surface area (Å²) < 4.78 is 18.3. The van der Waals surface area contributed by atoms with Crippen LogP contribution in [0.2, 0.25) is 0 Å². The van der Waals surface area contributed by atoms with E-state index < -0.39 is 5.91 Å². The molecule has 0 unspecified atom stereocenters. The maximum atomic E-state index is 12.9. The van der Waals surface area contributed by atoms with E-state index in [-0.39, 0.29) is 30.1 Å². The van der Waals surface area contributed by atoms with Crippen molar-refractivity contribution < 1.29 is 18.7 Å². The number of morpholine rings is 1. The molecule has 1 saturated heterocycles. The van der Waals surface area contributed by atoms with Gasteiger partial charge in [-0.15, -0.1) is 0 Å². The number of benzene rings is 1. The van der Waals surface area contributed by atoms with Crippen molar-refractivity contribution in [1.29, 1.82) is 0 Å². The third kappa shape index (κ3) is 4.27. The topological polar surface area (TPSA) is 72.6 Å². The van der Waals surface area contributed by atoms with Crippen LogP contribution in [0.1, 0.15) is 31.2 Å². The molecule has 2 rings (SSSR count). The number of nitrogens with zero attached hydrogens (tertiary/aromatic N) is 1. The van der Waals surface area contributed by atoms with Crippen molar-refractivity contribution in [3.05, 3.63) is 35.6 Å². The molecule has 0 radical (unpaired) electrons. The Morgan fingerprint density at radius 1 is 1.41 bits per heavy atom. The molecule has 0 bridgehead atoms. The molecule has 1 aromatic rings. The summed E-state index contributed by atoms with van der Waals surface area (Å²) in [5.41, 5.74) is 6.14. The third-order valence-electron chi connectivity index (χ3n) is 3.90. The van der Waals surface area contributed by atoms with Gasteiger partial charge in [0.2, 0.25) is 11.8 Å². The smallest absolute Gasteiger partial charge is 0.223 e. The molecule has 1 heterocycles. The van der Waals surface area contributed by atoms with Crippen molar-refractivity contribution in [3.63, 3.8) is 0 Å². The van der Waals surface area contributed by atoms with E-state index in [0.717, 1.165) is 5.56 Å². The molecule has 1 fully saturated rings. The highest BCUT2D eigenvalue weighted by Gasteiger charge is 2.29. The minimum Gasteiger partial charge on any atom is -0.377 e. The molecule has 2 N–H and O–H groups in total. The summed E-state index contributed by atoms with van der Waals surface area (Å²) in [4.78, 5) is 25.3. The maximum Gasteiger partial charge on any atom is 0.223 e. The van der Waals surface area contributed by atoms with Crippen LogP contribution in [0.5, 0.6) is 0 Å². The average Bonchev–Trinajstić information content (AvgIpc) is 2.47. The summed E-state index contributed by atoms with van der Waals surface area (Å²) in [6, 6.07) is 5.86. The van der Waals surface area contributed by atoms with E-state index in [1.165, 1.54) is 12.1 Å². The number of carbonyl (C=O) groups excluding carboxylic acids is 2. The van der Waals surface area contributed by atoms with E-state index in [1.54, 1.807) is 17.0 Å². The summed E-state index contributed by atoms with van der Waals surface area (Å²) in [5, 5.41) is 0. The Hall–Kier alpha value is -1.95. The highest BCUT2D eigenvalue weighted by atomic mass is 19.1. The second-order valence-electron chi connectivity index (χ2n) is 5.64. The van der Waals surface area contributed by atoms with Crippen LogP contribution in [-0.4, -0.2) is 42.5 Å². The minimum absolute atomic E-state index is 0.0230. The summed E-state index contributed by atoms with van der Waals surface area (Å²) >= 11 is 0. The summed E-state index contributed by atoms with van der Waals surface area (Å²) in [7, 11) is 0. The molecule has 2 atom stereocenters. The first-order chi connectivity index (χ1) is 10.5. The number of ether oxygens (including phenoxy) is 1. The number of nitrogens with two attached hydrogens (primary N) is 1. The van der Waals surface area contributed by atoms with Crippen molar-refractivity contribution >= 4 is 11.8 Å². The van der Waals surface area contributed by atoms with Gasteiger partial charge in [0.25, 0.3) is 0 Å². The van der Waals surface area contributed by atoms with E-state index in [0.29, 0.717) is 26.2 Å². The molecule has 1 aromatic carbocycles. The minimum atomic E-state index is -0.445. The fraction of sp³-hybridized carbons (Fsp3) is 0.500. The number of hydrogen-bond acceptors (Lipinski definition) is 3. The Labute approximate surface area is 129 Å². The van der Waals surface area contributed by atoms with Crippen molar-refractivity contribution in [2.75, 3.05) is 19.8 Å². The quantitative estimate of drug-likeness (QED) is 0.894. The lowest BCUT2D eigenvalue weighted by Crippen LogP contribution is -2.50. The molecule has 5 nitrogen and oxygen atoms in total. The average molecular weight is 308 g/mol. The van der Waals surface area contributed by atoms with Crippen LogP contribution < -0.4 is 5.73 Å². The lowest BCUT2D eigenvalue weighted by molar-refractivity contribution is -0.141. The standard InChI is InChI=1S/C16H21FN2O3/c1-11(12-2-4-13(17)5-3-12)8-16(21)19-6-7-22-10-14(19)9-15(18)20/h2-5,11,14H,6-10H2,1H3,(H2,18,20)/t11-,14+/m1/s1. The van der Waals surface area contributed by atoms with E-state index >= 15 is 0 Å². The van der Waals surface area contributed by atoms with Gasteiger partial charge in [-0.3, -0.25) is 9.59 Å². The first-order valence-corrected chi connectivity index (χ1v) is 7.38. The van der Waals surface area contributed by atoms with Crippen LogP contribution in [0.3, 0.4) is 0 Å². The SMILES string of the molecule is C[C@H](CC(=O)N1CCOC[C@@H]1CC(N)=O)c1ccc(F)cc1. The lowest BCUT2D eigenvalue weighted by Gasteiger charge is -2.35. The highest BCUT2D eigenvalue weighted by Crippen LogP contribution is 2.22. The molecule has 0 aromatic heterocycles. The Kier molecular flexibility index (Phi) is 5.49. The molecule has 120 valence electrons. The van der Waals surface area contributed by atoms with Gasteiger partial charge in [0, 0.05) is 19.4 Å². The number of hydrogen-bond donors (Lipinski definition) is 1. The Morgan fingerprint density at radius 3 is 2.73 bits per heavy atom. The van der Waals surface area contributed by atoms with Crippen LogP contribution in [0.4, 0.5) is 4.39 Å². The normalized spacial score (nSPS) is 19.7. The van der Waals surface area contributed by atoms with Gasteiger partial charge in [-0.1, -0.05) is 19.1 Å². The number of amides is 2. The zero-order chi connectivity index (χ0) is 16.1. The fourth-order valence-corrected chi connectivity index (χ4v) is 2.67. The molecule has 0 spiro atoms. The van der Waals surface area contributed by atoms with Crippen LogP contribution in [-0.2, 0) is 14.3 Å². The molecule has 0 saturated carbocycles. The number of halogens is 1. The molecule has 2 amide bonds. The van der Waals surface area contributed by atoms with Gasteiger partial charge in [0.15, 0.2) is 0 Å². The predicted octanol–water partition coefficient (Wildman–Crippen LogP) is 1.42. The molecule has 0 aliphatic carbocycles. The van der Waals surface area contributed by atoms with Gasteiger partial charge in [0.05, 0.1) is 19.3 Å². The van der Waals surface area contributed by atoms with Gasteiger partial charge >= 0.3 is 0 Å². The largest absolute Gasteiger partial charge is 0.377 e. The van der Waals surface area contributed by atoms with E-state index in [2.05, 4.69) is 0 Å². The van der Waals surface area contributed by atoms with Gasteiger partial charge in [-0.05, 0) is 23.6 Å². The van der Waals surface area contributed by atoms with Crippen LogP contribution >= 0.6 is 0 Å². The van der Waals surface area contributed by atoms with Gasteiger partial charge < -0.3 is 15.4 Å². The Morgan fingerprint density at radius 2 is 2.09 bits per heavy atom. The summed E-state index contributed by atoms with van der Waals surface area (Å²) in [5.74, 6) is -0.798. The first-order valence-electron chi connectivity index (χ1n) is 7.38. The number of carbonyl (C=O) groups is 2. The predicted molar refractivity (Wildman–Crippen MR) is 79.6 cm³/mol. The van der Waals surface area contributed by atoms with Crippen molar-refractivity contribution in [1.82, 2.24) is 4.90 Å². The molecule has 1 aliphatic rings. The fourth-order valence-electron chi connectivity index (χ4n) is 2.67. The maximum absolute atomic E-state index is 12.9.